The lowest BCUT2D eigenvalue weighted by Gasteiger charge is -2.25. The Morgan fingerprint density at radius 3 is 2.11 bits per heavy atom. The number of aliphatic carboxylic acids is 1. The molecule has 4 nitrogen and oxygen atoms in total. The Morgan fingerprint density at radius 1 is 1.07 bits per heavy atom. The number of carbonyl (C=O) groups is 1. The van der Waals surface area contributed by atoms with Crippen LogP contribution in [0.1, 0.15) is 17.5 Å². The maximum Gasteiger partial charge on any atom is 0.332 e. The maximum atomic E-state index is 10.6. The Balaban J connectivity index is 0.000000194. The molecule has 0 saturated carbocycles. The highest BCUT2D eigenvalue weighted by Crippen LogP contribution is 2.20. The topological polar surface area (TPSA) is 49.8 Å². The summed E-state index contributed by atoms with van der Waals surface area (Å²) in [6.07, 6.45) is 2.62. The normalized spacial score (nSPS) is 13.9. The molecule has 1 aliphatic heterocycles. The van der Waals surface area contributed by atoms with E-state index in [4.69, 9.17) is 9.84 Å². The van der Waals surface area contributed by atoms with Crippen LogP contribution < -0.4 is 0 Å². The molecule has 0 fully saturated rings. The second-order valence-corrected chi connectivity index (χ2v) is 6.30. The predicted molar refractivity (Wildman–Crippen MR) is 110 cm³/mol. The Hall–Kier alpha value is -2.69. The predicted octanol–water partition coefficient (Wildman–Crippen LogP) is 4.10. The van der Waals surface area contributed by atoms with Crippen LogP contribution in [0.2, 0.25) is 0 Å². The van der Waals surface area contributed by atoms with Crippen molar-refractivity contribution in [1.29, 1.82) is 0 Å². The van der Waals surface area contributed by atoms with Gasteiger partial charge in [0.05, 0.1) is 6.61 Å². The number of rotatable bonds is 6. The molecule has 1 N–H and O–H groups in total. The van der Waals surface area contributed by atoms with Gasteiger partial charge in [-0.3, -0.25) is 4.90 Å². The SMILES string of the molecule is C=C(c1ccccc1)c1ccccc1.COCCN1CCC=C(C(=O)O)C1. The molecule has 1 aliphatic rings. The summed E-state index contributed by atoms with van der Waals surface area (Å²) in [6.45, 7) is 7.03. The van der Waals surface area contributed by atoms with Gasteiger partial charge in [-0.05, 0) is 23.1 Å². The quantitative estimate of drug-likeness (QED) is 0.837. The van der Waals surface area contributed by atoms with Gasteiger partial charge in [-0.25, -0.2) is 4.79 Å². The van der Waals surface area contributed by atoms with Crippen molar-refractivity contribution < 1.29 is 14.6 Å². The van der Waals surface area contributed by atoms with Crippen LogP contribution in [-0.2, 0) is 9.53 Å². The van der Waals surface area contributed by atoms with Crippen molar-refractivity contribution in [2.24, 2.45) is 0 Å². The Bertz CT molecular complexity index is 712. The van der Waals surface area contributed by atoms with E-state index in [2.05, 4.69) is 35.7 Å². The molecule has 0 aliphatic carbocycles. The molecule has 1 heterocycles. The lowest BCUT2D eigenvalue weighted by atomic mass is 10.0. The third-order valence-corrected chi connectivity index (χ3v) is 4.36. The summed E-state index contributed by atoms with van der Waals surface area (Å²) in [5, 5.41) is 8.76. The molecular formula is C23H27NO3. The summed E-state index contributed by atoms with van der Waals surface area (Å²) in [6, 6.07) is 20.5. The van der Waals surface area contributed by atoms with Crippen LogP contribution in [0.25, 0.3) is 5.57 Å². The van der Waals surface area contributed by atoms with Crippen molar-refractivity contribution in [2.75, 3.05) is 33.4 Å². The first-order valence-corrected chi connectivity index (χ1v) is 9.05. The van der Waals surface area contributed by atoms with Crippen LogP contribution in [0, 0.1) is 0 Å². The lowest BCUT2D eigenvalue weighted by molar-refractivity contribution is -0.133. The number of carboxylic acid groups (broad SMARTS) is 1. The van der Waals surface area contributed by atoms with E-state index in [-0.39, 0.29) is 0 Å². The largest absolute Gasteiger partial charge is 0.478 e. The van der Waals surface area contributed by atoms with Gasteiger partial charge in [-0.2, -0.15) is 0 Å². The van der Waals surface area contributed by atoms with Crippen LogP contribution in [0.5, 0.6) is 0 Å². The molecule has 3 rings (SSSR count). The average Bonchev–Trinajstić information content (AvgIpc) is 2.73. The van der Waals surface area contributed by atoms with Crippen LogP contribution >= 0.6 is 0 Å². The van der Waals surface area contributed by atoms with E-state index in [9.17, 15) is 4.79 Å². The minimum absolute atomic E-state index is 0.502. The van der Waals surface area contributed by atoms with Crippen molar-refractivity contribution >= 4 is 11.5 Å². The zero-order chi connectivity index (χ0) is 19.5. The fourth-order valence-corrected chi connectivity index (χ4v) is 2.82. The van der Waals surface area contributed by atoms with Gasteiger partial charge in [0.1, 0.15) is 0 Å². The van der Waals surface area contributed by atoms with E-state index >= 15 is 0 Å². The van der Waals surface area contributed by atoms with E-state index in [1.807, 2.05) is 36.4 Å². The van der Waals surface area contributed by atoms with Crippen molar-refractivity contribution in [3.8, 4) is 0 Å². The van der Waals surface area contributed by atoms with Crippen LogP contribution in [0.4, 0.5) is 0 Å². The molecule has 0 bridgehead atoms. The number of hydrogen-bond donors (Lipinski definition) is 1. The van der Waals surface area contributed by atoms with Gasteiger partial charge >= 0.3 is 5.97 Å². The third kappa shape index (κ3) is 6.85. The lowest BCUT2D eigenvalue weighted by Crippen LogP contribution is -2.34. The molecule has 0 saturated heterocycles. The van der Waals surface area contributed by atoms with Gasteiger partial charge in [0.15, 0.2) is 0 Å². The van der Waals surface area contributed by atoms with Gasteiger partial charge in [0, 0.05) is 32.3 Å². The summed E-state index contributed by atoms with van der Waals surface area (Å²) >= 11 is 0. The molecule has 0 aromatic heterocycles. The standard InChI is InChI=1S/C14H12.C9H15NO3/c1-12(13-8-4-2-5-9-13)14-10-6-3-7-11-14;1-13-6-5-10-4-2-3-8(7-10)9(11)12/h2-11H,1H2;3H,2,4-7H2,1H3,(H,11,12). The average molecular weight is 365 g/mol. The maximum absolute atomic E-state index is 10.6. The number of carboxylic acids is 1. The minimum atomic E-state index is -0.804. The molecule has 0 atom stereocenters. The van der Waals surface area contributed by atoms with Gasteiger partial charge in [0.25, 0.3) is 0 Å². The summed E-state index contributed by atoms with van der Waals surface area (Å²) in [7, 11) is 1.65. The monoisotopic (exact) mass is 365 g/mol. The van der Waals surface area contributed by atoms with Crippen LogP contribution in [-0.4, -0.2) is 49.3 Å². The van der Waals surface area contributed by atoms with Crippen molar-refractivity contribution in [3.63, 3.8) is 0 Å². The molecule has 142 valence electrons. The molecular weight excluding hydrogens is 338 g/mol. The number of benzene rings is 2. The molecule has 2 aromatic rings. The van der Waals surface area contributed by atoms with E-state index in [0.29, 0.717) is 18.7 Å². The second-order valence-electron chi connectivity index (χ2n) is 6.30. The molecule has 0 unspecified atom stereocenters. The second kappa shape index (κ2) is 11.1. The highest BCUT2D eigenvalue weighted by Gasteiger charge is 2.16. The van der Waals surface area contributed by atoms with E-state index in [1.165, 1.54) is 11.1 Å². The number of methoxy groups -OCH3 is 1. The van der Waals surface area contributed by atoms with Gasteiger partial charge < -0.3 is 9.84 Å². The zero-order valence-electron chi connectivity index (χ0n) is 15.8. The first-order chi connectivity index (χ1) is 13.1. The van der Waals surface area contributed by atoms with Crippen molar-refractivity contribution in [1.82, 2.24) is 4.90 Å². The number of hydrogen-bond acceptors (Lipinski definition) is 3. The Labute approximate surface area is 161 Å². The first kappa shape index (κ1) is 20.6. The van der Waals surface area contributed by atoms with Gasteiger partial charge in [0.2, 0.25) is 0 Å². The molecule has 2 aromatic carbocycles. The molecule has 0 radical (unpaired) electrons. The van der Waals surface area contributed by atoms with E-state index in [0.717, 1.165) is 25.1 Å². The highest BCUT2D eigenvalue weighted by atomic mass is 16.5. The van der Waals surface area contributed by atoms with Gasteiger partial charge in [-0.1, -0.05) is 73.3 Å². The Morgan fingerprint density at radius 2 is 1.63 bits per heavy atom. The zero-order valence-corrected chi connectivity index (χ0v) is 15.8. The van der Waals surface area contributed by atoms with E-state index in [1.54, 1.807) is 13.2 Å². The highest BCUT2D eigenvalue weighted by molar-refractivity contribution is 5.87. The fraction of sp³-hybridized carbons (Fsp3) is 0.261. The summed E-state index contributed by atoms with van der Waals surface area (Å²) in [4.78, 5) is 12.7. The fourth-order valence-electron chi connectivity index (χ4n) is 2.82. The minimum Gasteiger partial charge on any atom is -0.478 e. The number of nitrogens with zero attached hydrogens (tertiary/aromatic N) is 1. The third-order valence-electron chi connectivity index (χ3n) is 4.36. The van der Waals surface area contributed by atoms with Crippen LogP contribution in [0.15, 0.2) is 78.9 Å². The summed E-state index contributed by atoms with van der Waals surface area (Å²) in [5.74, 6) is -0.804. The summed E-state index contributed by atoms with van der Waals surface area (Å²) < 4.78 is 4.93. The number of ether oxygens (including phenoxy) is 1. The smallest absolute Gasteiger partial charge is 0.332 e. The molecule has 27 heavy (non-hydrogen) atoms. The first-order valence-electron chi connectivity index (χ1n) is 9.05. The van der Waals surface area contributed by atoms with Crippen molar-refractivity contribution in [3.05, 3.63) is 90.0 Å². The van der Waals surface area contributed by atoms with E-state index < -0.39 is 5.97 Å². The van der Waals surface area contributed by atoms with Crippen LogP contribution in [0.3, 0.4) is 0 Å². The van der Waals surface area contributed by atoms with Crippen molar-refractivity contribution in [2.45, 2.75) is 6.42 Å². The molecule has 0 spiro atoms. The van der Waals surface area contributed by atoms with Gasteiger partial charge in [-0.15, -0.1) is 0 Å². The Kier molecular flexibility index (Phi) is 8.49. The molecule has 4 heteroatoms. The molecule has 0 amide bonds. The summed E-state index contributed by atoms with van der Waals surface area (Å²) in [5.41, 5.74) is 3.94.